The third-order valence-corrected chi connectivity index (χ3v) is 5.78. The van der Waals surface area contributed by atoms with Gasteiger partial charge in [0.05, 0.1) is 13.5 Å². The number of likely N-dealkylation sites (tertiary alicyclic amines) is 1. The zero-order chi connectivity index (χ0) is 20.9. The minimum absolute atomic E-state index is 0.183. The lowest BCUT2D eigenvalue weighted by Gasteiger charge is -2.33. The van der Waals surface area contributed by atoms with Crippen molar-refractivity contribution in [1.29, 1.82) is 0 Å². The van der Waals surface area contributed by atoms with Crippen LogP contribution in [0, 0.1) is 12.8 Å². The number of hydrogen-bond acceptors (Lipinski definition) is 4. The lowest BCUT2D eigenvalue weighted by Crippen LogP contribution is -2.42. The monoisotopic (exact) mass is 404 g/mol. The maximum Gasteiger partial charge on any atom is 0.227 e. The van der Waals surface area contributed by atoms with Crippen molar-refractivity contribution in [2.24, 2.45) is 5.92 Å². The van der Waals surface area contributed by atoms with Gasteiger partial charge in [0, 0.05) is 49.5 Å². The van der Waals surface area contributed by atoms with Crippen molar-refractivity contribution >= 4 is 5.91 Å². The Balaban J connectivity index is 1.43. The molecule has 3 aromatic rings. The first-order valence-corrected chi connectivity index (χ1v) is 10.5. The van der Waals surface area contributed by atoms with E-state index in [0.717, 1.165) is 60.9 Å². The van der Waals surface area contributed by atoms with Crippen molar-refractivity contribution in [3.63, 3.8) is 0 Å². The van der Waals surface area contributed by atoms with Gasteiger partial charge in [-0.05, 0) is 55.5 Å². The fourth-order valence-electron chi connectivity index (χ4n) is 4.18. The number of carbonyl (C=O) groups excluding carboxylic acids is 1. The minimum atomic E-state index is 0.183. The molecular weight excluding hydrogens is 376 g/mol. The molecule has 1 saturated heterocycles. The van der Waals surface area contributed by atoms with Crippen molar-refractivity contribution in [2.45, 2.75) is 32.7 Å². The zero-order valence-electron chi connectivity index (χ0n) is 17.6. The summed E-state index contributed by atoms with van der Waals surface area (Å²) in [5.74, 6) is 2.33. The quantitative estimate of drug-likeness (QED) is 0.628. The highest BCUT2D eigenvalue weighted by atomic mass is 16.5. The van der Waals surface area contributed by atoms with Crippen LogP contribution in [-0.4, -0.2) is 45.5 Å². The molecule has 0 N–H and O–H groups in total. The Kier molecular flexibility index (Phi) is 6.12. The van der Waals surface area contributed by atoms with Gasteiger partial charge in [-0.1, -0.05) is 12.1 Å². The van der Waals surface area contributed by atoms with Gasteiger partial charge in [-0.25, -0.2) is 4.98 Å². The first kappa shape index (κ1) is 20.1. The fourth-order valence-corrected chi connectivity index (χ4v) is 4.18. The van der Waals surface area contributed by atoms with Crippen molar-refractivity contribution in [3.8, 4) is 17.1 Å². The molecule has 1 aliphatic heterocycles. The molecule has 4 rings (SSSR count). The summed E-state index contributed by atoms with van der Waals surface area (Å²) < 4.78 is 7.54. The Morgan fingerprint density at radius 3 is 2.93 bits per heavy atom. The van der Waals surface area contributed by atoms with Gasteiger partial charge in [0.15, 0.2) is 0 Å². The minimum Gasteiger partial charge on any atom is -0.497 e. The van der Waals surface area contributed by atoms with Crippen LogP contribution in [0.1, 0.15) is 24.1 Å². The number of ether oxygens (including phenoxy) is 1. The molecule has 30 heavy (non-hydrogen) atoms. The van der Waals surface area contributed by atoms with Crippen molar-refractivity contribution in [3.05, 3.63) is 66.2 Å². The molecule has 1 fully saturated rings. The predicted molar refractivity (Wildman–Crippen MR) is 116 cm³/mol. The van der Waals surface area contributed by atoms with E-state index in [1.165, 1.54) is 0 Å². The number of aromatic nitrogens is 3. The predicted octanol–water partition coefficient (Wildman–Crippen LogP) is 3.74. The van der Waals surface area contributed by atoms with Crippen LogP contribution >= 0.6 is 0 Å². The molecule has 0 bridgehead atoms. The molecule has 6 heteroatoms. The van der Waals surface area contributed by atoms with Gasteiger partial charge >= 0.3 is 0 Å². The van der Waals surface area contributed by atoms with E-state index in [0.29, 0.717) is 12.3 Å². The van der Waals surface area contributed by atoms with Crippen LogP contribution in [0.5, 0.6) is 5.75 Å². The summed E-state index contributed by atoms with van der Waals surface area (Å²) in [6.45, 7) is 4.56. The van der Waals surface area contributed by atoms with Crippen LogP contribution in [0.3, 0.4) is 0 Å². The SMILES string of the molecule is COc1cccc(CC(=O)N2CCCC(Cn3c(C)cnc3-c3cccnc3)C2)c1. The molecule has 3 heterocycles. The Hall–Kier alpha value is -3.15. The fraction of sp³-hybridized carbons (Fsp3) is 0.375. The maximum atomic E-state index is 12.9. The lowest BCUT2D eigenvalue weighted by molar-refractivity contribution is -0.132. The van der Waals surface area contributed by atoms with Crippen LogP contribution in [0.25, 0.3) is 11.4 Å². The molecule has 156 valence electrons. The van der Waals surface area contributed by atoms with E-state index >= 15 is 0 Å². The summed E-state index contributed by atoms with van der Waals surface area (Å²) in [7, 11) is 1.65. The summed E-state index contributed by atoms with van der Waals surface area (Å²) in [6, 6.07) is 11.7. The van der Waals surface area contributed by atoms with E-state index in [9.17, 15) is 4.79 Å². The Morgan fingerprint density at radius 2 is 2.13 bits per heavy atom. The van der Waals surface area contributed by atoms with Crippen molar-refractivity contribution < 1.29 is 9.53 Å². The zero-order valence-corrected chi connectivity index (χ0v) is 17.6. The van der Waals surface area contributed by atoms with Crippen LogP contribution in [-0.2, 0) is 17.8 Å². The summed E-state index contributed by atoms with van der Waals surface area (Å²) in [5.41, 5.74) is 3.15. The summed E-state index contributed by atoms with van der Waals surface area (Å²) in [4.78, 5) is 23.8. The van der Waals surface area contributed by atoms with Crippen molar-refractivity contribution in [1.82, 2.24) is 19.4 Å². The molecular formula is C24H28N4O2. The third-order valence-electron chi connectivity index (χ3n) is 5.78. The number of aryl methyl sites for hydroxylation is 1. The Morgan fingerprint density at radius 1 is 1.23 bits per heavy atom. The molecule has 2 aromatic heterocycles. The summed E-state index contributed by atoms with van der Waals surface area (Å²) in [6.07, 6.45) is 8.10. The number of amides is 1. The van der Waals surface area contributed by atoms with Gasteiger partial charge < -0.3 is 14.2 Å². The number of benzene rings is 1. The van der Waals surface area contributed by atoms with Crippen LogP contribution in [0.4, 0.5) is 0 Å². The maximum absolute atomic E-state index is 12.9. The average molecular weight is 405 g/mol. The Bertz CT molecular complexity index is 999. The van der Waals surface area contributed by atoms with Gasteiger partial charge in [-0.3, -0.25) is 9.78 Å². The lowest BCUT2D eigenvalue weighted by atomic mass is 9.97. The first-order valence-electron chi connectivity index (χ1n) is 10.5. The largest absolute Gasteiger partial charge is 0.497 e. The number of pyridine rings is 1. The topological polar surface area (TPSA) is 60.2 Å². The molecule has 0 spiro atoms. The van der Waals surface area contributed by atoms with Crippen LogP contribution in [0.2, 0.25) is 0 Å². The van der Waals surface area contributed by atoms with E-state index in [-0.39, 0.29) is 5.91 Å². The van der Waals surface area contributed by atoms with Gasteiger partial charge in [-0.2, -0.15) is 0 Å². The molecule has 1 atom stereocenters. The number of methoxy groups -OCH3 is 1. The van der Waals surface area contributed by atoms with Gasteiger partial charge in [0.2, 0.25) is 5.91 Å². The number of carbonyl (C=O) groups is 1. The second-order valence-corrected chi connectivity index (χ2v) is 7.95. The third kappa shape index (κ3) is 4.53. The molecule has 1 aliphatic rings. The molecule has 6 nitrogen and oxygen atoms in total. The number of imidazole rings is 1. The van der Waals surface area contributed by atoms with E-state index in [1.807, 2.05) is 53.7 Å². The molecule has 1 amide bonds. The second kappa shape index (κ2) is 9.11. The summed E-state index contributed by atoms with van der Waals surface area (Å²) in [5, 5.41) is 0. The number of nitrogens with zero attached hydrogens (tertiary/aromatic N) is 4. The van der Waals surface area contributed by atoms with Gasteiger partial charge in [0.1, 0.15) is 11.6 Å². The summed E-state index contributed by atoms with van der Waals surface area (Å²) >= 11 is 0. The number of rotatable bonds is 6. The molecule has 1 unspecified atom stereocenters. The van der Waals surface area contributed by atoms with Crippen molar-refractivity contribution in [2.75, 3.05) is 20.2 Å². The van der Waals surface area contributed by atoms with E-state index in [1.54, 1.807) is 13.3 Å². The molecule has 1 aromatic carbocycles. The molecule has 0 saturated carbocycles. The smallest absolute Gasteiger partial charge is 0.227 e. The molecule has 0 aliphatic carbocycles. The Labute approximate surface area is 177 Å². The second-order valence-electron chi connectivity index (χ2n) is 7.95. The van der Waals surface area contributed by atoms with Gasteiger partial charge in [0.25, 0.3) is 0 Å². The highest BCUT2D eigenvalue weighted by Gasteiger charge is 2.25. The van der Waals surface area contributed by atoms with E-state index in [2.05, 4.69) is 21.5 Å². The number of piperidine rings is 1. The van der Waals surface area contributed by atoms with E-state index < -0.39 is 0 Å². The first-order chi connectivity index (χ1) is 14.6. The highest BCUT2D eigenvalue weighted by molar-refractivity contribution is 5.79. The number of hydrogen-bond donors (Lipinski definition) is 0. The highest BCUT2D eigenvalue weighted by Crippen LogP contribution is 2.25. The standard InChI is InChI=1S/C24H28N4O2/c1-18-14-26-24(21-8-4-10-25-15-21)28(18)17-20-7-5-11-27(16-20)23(29)13-19-6-3-9-22(12-19)30-2/h3-4,6,8-10,12,14-15,20H,5,7,11,13,16-17H2,1-2H3. The van der Waals surface area contributed by atoms with E-state index in [4.69, 9.17) is 4.74 Å². The van der Waals surface area contributed by atoms with Gasteiger partial charge in [-0.15, -0.1) is 0 Å². The molecule has 0 radical (unpaired) electrons. The van der Waals surface area contributed by atoms with Crippen LogP contribution < -0.4 is 4.74 Å². The average Bonchev–Trinajstić information content (AvgIpc) is 3.14. The van der Waals surface area contributed by atoms with Crippen LogP contribution in [0.15, 0.2) is 55.0 Å². The normalized spacial score (nSPS) is 16.5.